The molecule has 0 unspecified atom stereocenters. The molecule has 1 N–H and O–H groups in total. The van der Waals surface area contributed by atoms with Crippen molar-refractivity contribution in [2.45, 2.75) is 4.90 Å². The lowest BCUT2D eigenvalue weighted by atomic mass is 10.2. The van der Waals surface area contributed by atoms with Gasteiger partial charge in [-0.15, -0.1) is 0 Å². The largest absolute Gasteiger partial charge is 0.338 e. The number of hydrogen-bond acceptors (Lipinski definition) is 3. The Bertz CT molecular complexity index is 951. The zero-order valence-corrected chi connectivity index (χ0v) is 14.6. The van der Waals surface area contributed by atoms with E-state index in [9.17, 15) is 8.42 Å². The fraction of sp³-hybridized carbons (Fsp3) is 0.0714. The number of H-pyrrole nitrogens is 1. The highest BCUT2D eigenvalue weighted by Crippen LogP contribution is 2.28. The molecule has 0 aliphatic heterocycles. The molecule has 21 heavy (non-hydrogen) atoms. The van der Waals surface area contributed by atoms with Gasteiger partial charge in [0.15, 0.2) is 9.84 Å². The number of sulfone groups is 1. The third kappa shape index (κ3) is 2.93. The van der Waals surface area contributed by atoms with Gasteiger partial charge in [-0.1, -0.05) is 11.6 Å². The quantitative estimate of drug-likeness (QED) is 0.625. The van der Waals surface area contributed by atoms with Crippen LogP contribution in [0.4, 0.5) is 0 Å². The van der Waals surface area contributed by atoms with Crippen LogP contribution in [0.15, 0.2) is 41.3 Å². The minimum Gasteiger partial charge on any atom is -0.338 e. The predicted octanol–water partition coefficient (Wildman–Crippen LogP) is 3.89. The van der Waals surface area contributed by atoms with Crippen LogP contribution in [0.2, 0.25) is 5.02 Å². The van der Waals surface area contributed by atoms with Crippen LogP contribution in [0, 0.1) is 3.57 Å². The molecule has 0 fully saturated rings. The van der Waals surface area contributed by atoms with Crippen LogP contribution in [0.3, 0.4) is 0 Å². The maximum Gasteiger partial charge on any atom is 0.175 e. The minimum atomic E-state index is -3.23. The van der Waals surface area contributed by atoms with E-state index in [1.165, 1.54) is 6.26 Å². The van der Waals surface area contributed by atoms with Crippen LogP contribution in [-0.4, -0.2) is 24.6 Å². The van der Waals surface area contributed by atoms with Crippen molar-refractivity contribution in [1.82, 2.24) is 9.97 Å². The van der Waals surface area contributed by atoms with Crippen molar-refractivity contribution in [1.29, 1.82) is 0 Å². The lowest BCUT2D eigenvalue weighted by Gasteiger charge is -2.01. The van der Waals surface area contributed by atoms with E-state index in [1.807, 2.05) is 18.2 Å². The Labute approximate surface area is 140 Å². The molecule has 0 atom stereocenters. The van der Waals surface area contributed by atoms with Crippen molar-refractivity contribution in [3.05, 3.63) is 45.0 Å². The van der Waals surface area contributed by atoms with Crippen molar-refractivity contribution in [3.8, 4) is 11.4 Å². The summed E-state index contributed by atoms with van der Waals surface area (Å²) in [6, 6.07) is 10.4. The zero-order chi connectivity index (χ0) is 15.2. The summed E-state index contributed by atoms with van der Waals surface area (Å²) < 4.78 is 24.2. The van der Waals surface area contributed by atoms with Crippen LogP contribution in [-0.2, 0) is 9.84 Å². The standard InChI is InChI=1S/C14H10ClIN2O2S/c1-21(19,20)9-3-5-12-13(7-9)18-14(17-12)10-6-8(15)2-4-11(10)16/h2-7H,1H3,(H,17,18). The highest BCUT2D eigenvalue weighted by atomic mass is 127. The summed E-state index contributed by atoms with van der Waals surface area (Å²) >= 11 is 8.24. The fourth-order valence-electron chi connectivity index (χ4n) is 2.03. The first-order valence-electron chi connectivity index (χ1n) is 6.00. The monoisotopic (exact) mass is 432 g/mol. The van der Waals surface area contributed by atoms with Crippen LogP contribution >= 0.6 is 34.2 Å². The van der Waals surface area contributed by atoms with E-state index in [0.29, 0.717) is 21.9 Å². The summed E-state index contributed by atoms with van der Waals surface area (Å²) in [4.78, 5) is 7.92. The number of fused-ring (bicyclic) bond motifs is 1. The highest BCUT2D eigenvalue weighted by Gasteiger charge is 2.12. The number of hydrogen-bond donors (Lipinski definition) is 1. The van der Waals surface area contributed by atoms with Crippen molar-refractivity contribution in [2.75, 3.05) is 6.26 Å². The molecular formula is C14H10ClIN2O2S. The number of halogens is 2. The summed E-state index contributed by atoms with van der Waals surface area (Å²) in [5, 5.41) is 0.627. The molecule has 108 valence electrons. The van der Waals surface area contributed by atoms with E-state index >= 15 is 0 Å². The van der Waals surface area contributed by atoms with Gasteiger partial charge in [0.25, 0.3) is 0 Å². The second-order valence-electron chi connectivity index (χ2n) is 4.66. The van der Waals surface area contributed by atoms with E-state index in [2.05, 4.69) is 32.6 Å². The Hall–Kier alpha value is -1.12. The van der Waals surface area contributed by atoms with E-state index in [-0.39, 0.29) is 4.90 Å². The van der Waals surface area contributed by atoms with Gasteiger partial charge < -0.3 is 4.98 Å². The SMILES string of the molecule is CS(=O)(=O)c1ccc2nc(-c3cc(Cl)ccc3I)[nH]c2c1. The molecule has 0 aliphatic carbocycles. The number of aromatic nitrogens is 2. The third-order valence-corrected chi connectivity index (χ3v) is 5.35. The molecule has 1 aromatic heterocycles. The topological polar surface area (TPSA) is 62.8 Å². The van der Waals surface area contributed by atoms with Crippen LogP contribution in [0.25, 0.3) is 22.4 Å². The van der Waals surface area contributed by atoms with Gasteiger partial charge in [0.2, 0.25) is 0 Å². The van der Waals surface area contributed by atoms with Crippen molar-refractivity contribution >= 4 is 55.1 Å². The summed E-state index contributed by atoms with van der Waals surface area (Å²) in [5.74, 6) is 0.669. The summed E-state index contributed by atoms with van der Waals surface area (Å²) in [7, 11) is -3.23. The molecule has 0 radical (unpaired) electrons. The first kappa shape index (κ1) is 14.8. The lowest BCUT2D eigenvalue weighted by Crippen LogP contribution is -1.96. The van der Waals surface area contributed by atoms with Crippen molar-refractivity contribution in [2.24, 2.45) is 0 Å². The Morgan fingerprint density at radius 3 is 2.67 bits per heavy atom. The summed E-state index contributed by atoms with van der Waals surface area (Å²) in [5.41, 5.74) is 2.29. The number of nitrogens with zero attached hydrogens (tertiary/aromatic N) is 1. The predicted molar refractivity (Wildman–Crippen MR) is 92.4 cm³/mol. The minimum absolute atomic E-state index is 0.269. The Balaban J connectivity index is 2.20. The second kappa shape index (κ2) is 5.26. The Morgan fingerprint density at radius 1 is 1.19 bits per heavy atom. The van der Waals surface area contributed by atoms with Gasteiger partial charge >= 0.3 is 0 Å². The zero-order valence-electron chi connectivity index (χ0n) is 10.9. The first-order valence-corrected chi connectivity index (χ1v) is 9.35. The first-order chi connectivity index (χ1) is 9.84. The fourth-order valence-corrected chi connectivity index (χ4v) is 3.44. The van der Waals surface area contributed by atoms with Crippen LogP contribution in [0.5, 0.6) is 0 Å². The smallest absolute Gasteiger partial charge is 0.175 e. The molecule has 4 nitrogen and oxygen atoms in total. The second-order valence-corrected chi connectivity index (χ2v) is 8.28. The Morgan fingerprint density at radius 2 is 1.95 bits per heavy atom. The van der Waals surface area contributed by atoms with Gasteiger partial charge in [-0.2, -0.15) is 0 Å². The maximum absolute atomic E-state index is 11.6. The van der Waals surface area contributed by atoms with E-state index in [0.717, 1.165) is 9.13 Å². The van der Waals surface area contributed by atoms with Gasteiger partial charge in [-0.05, 0) is 59.0 Å². The molecule has 0 saturated carbocycles. The van der Waals surface area contributed by atoms with Crippen molar-refractivity contribution < 1.29 is 8.42 Å². The third-order valence-electron chi connectivity index (χ3n) is 3.07. The van der Waals surface area contributed by atoms with Gasteiger partial charge in [0, 0.05) is 20.4 Å². The molecule has 3 rings (SSSR count). The summed E-state index contributed by atoms with van der Waals surface area (Å²) in [6.07, 6.45) is 1.19. The lowest BCUT2D eigenvalue weighted by molar-refractivity contribution is 0.602. The number of aromatic amines is 1. The molecule has 0 bridgehead atoms. The Kier molecular flexibility index (Phi) is 3.71. The number of rotatable bonds is 2. The average Bonchev–Trinajstić information content (AvgIpc) is 2.83. The van der Waals surface area contributed by atoms with E-state index < -0.39 is 9.84 Å². The molecule has 0 spiro atoms. The molecule has 0 saturated heterocycles. The van der Waals surface area contributed by atoms with E-state index in [1.54, 1.807) is 18.2 Å². The summed E-state index contributed by atoms with van der Waals surface area (Å²) in [6.45, 7) is 0. The molecular weight excluding hydrogens is 423 g/mol. The molecule has 1 heterocycles. The van der Waals surface area contributed by atoms with Gasteiger partial charge in [-0.25, -0.2) is 13.4 Å². The van der Waals surface area contributed by atoms with Crippen LogP contribution < -0.4 is 0 Å². The van der Waals surface area contributed by atoms with Gasteiger partial charge in [0.1, 0.15) is 5.82 Å². The van der Waals surface area contributed by atoms with Crippen LogP contribution in [0.1, 0.15) is 0 Å². The maximum atomic E-state index is 11.6. The molecule has 0 amide bonds. The molecule has 3 aromatic rings. The van der Waals surface area contributed by atoms with E-state index in [4.69, 9.17) is 11.6 Å². The van der Waals surface area contributed by atoms with Gasteiger partial charge in [0.05, 0.1) is 15.9 Å². The van der Waals surface area contributed by atoms with Crippen molar-refractivity contribution in [3.63, 3.8) is 0 Å². The average molecular weight is 433 g/mol. The molecule has 2 aromatic carbocycles. The number of benzene rings is 2. The molecule has 0 aliphatic rings. The van der Waals surface area contributed by atoms with Gasteiger partial charge in [-0.3, -0.25) is 0 Å². The number of nitrogens with one attached hydrogen (secondary N) is 1. The normalized spacial score (nSPS) is 12.0. The number of imidazole rings is 1. The highest BCUT2D eigenvalue weighted by molar-refractivity contribution is 14.1. The molecule has 7 heteroatoms.